The van der Waals surface area contributed by atoms with Crippen molar-refractivity contribution >= 4 is 11.7 Å². The molecule has 2 saturated heterocycles. The van der Waals surface area contributed by atoms with E-state index in [2.05, 4.69) is 10.3 Å². The zero-order valence-electron chi connectivity index (χ0n) is 13.6. The number of anilines is 1. The van der Waals surface area contributed by atoms with Crippen molar-refractivity contribution in [3.63, 3.8) is 0 Å². The first-order chi connectivity index (χ1) is 11.8. The maximum atomic E-state index is 12.7. The van der Waals surface area contributed by atoms with E-state index < -0.39 is 0 Å². The first-order valence-corrected chi connectivity index (χ1v) is 8.40. The highest BCUT2D eigenvalue weighted by molar-refractivity contribution is 5.93. The molecule has 124 valence electrons. The molecule has 4 rings (SSSR count). The number of rotatable bonds is 2. The third kappa shape index (κ3) is 2.87. The Bertz CT molecular complexity index is 726. The molecule has 2 aliphatic heterocycles. The standard InChI is InChI=1S/C19H21N3O2/c23-18(22-11-8-19(13-22)9-12-24-14-19)21-16-7-4-10-20-17(16)15-5-2-1-3-6-15/h1-7,10H,8-9,11-14H2,(H,21,23). The maximum absolute atomic E-state index is 12.7. The van der Waals surface area contributed by atoms with Crippen LogP contribution in [0.5, 0.6) is 0 Å². The number of ether oxygens (including phenoxy) is 1. The Morgan fingerprint density at radius 3 is 2.83 bits per heavy atom. The van der Waals surface area contributed by atoms with Crippen LogP contribution in [0.15, 0.2) is 48.7 Å². The minimum atomic E-state index is -0.0519. The first kappa shape index (κ1) is 15.1. The average molecular weight is 323 g/mol. The average Bonchev–Trinajstić information content (AvgIpc) is 3.26. The van der Waals surface area contributed by atoms with E-state index in [0.717, 1.165) is 56.1 Å². The van der Waals surface area contributed by atoms with Gasteiger partial charge in [-0.05, 0) is 25.0 Å². The lowest BCUT2D eigenvalue weighted by atomic mass is 9.87. The number of urea groups is 1. The van der Waals surface area contributed by atoms with Crippen LogP contribution in [0.4, 0.5) is 10.5 Å². The van der Waals surface area contributed by atoms with Gasteiger partial charge in [-0.15, -0.1) is 0 Å². The molecule has 1 unspecified atom stereocenters. The number of hydrogen-bond donors (Lipinski definition) is 1. The Labute approximate surface area is 141 Å². The molecule has 0 saturated carbocycles. The SMILES string of the molecule is O=C(Nc1cccnc1-c1ccccc1)N1CCC2(CCOC2)C1. The smallest absolute Gasteiger partial charge is 0.321 e. The van der Waals surface area contributed by atoms with Crippen LogP contribution in [0.3, 0.4) is 0 Å². The lowest BCUT2D eigenvalue weighted by molar-refractivity contribution is 0.154. The lowest BCUT2D eigenvalue weighted by Crippen LogP contribution is -2.35. The normalized spacial score (nSPS) is 22.9. The monoisotopic (exact) mass is 323 g/mol. The first-order valence-electron chi connectivity index (χ1n) is 8.40. The predicted molar refractivity (Wildman–Crippen MR) is 92.8 cm³/mol. The molecule has 1 atom stereocenters. The minimum absolute atomic E-state index is 0.0519. The molecule has 0 radical (unpaired) electrons. The summed E-state index contributed by atoms with van der Waals surface area (Å²) in [4.78, 5) is 19.0. The van der Waals surface area contributed by atoms with Gasteiger partial charge in [0, 0.05) is 36.9 Å². The topological polar surface area (TPSA) is 54.5 Å². The van der Waals surface area contributed by atoms with E-state index in [9.17, 15) is 4.79 Å². The van der Waals surface area contributed by atoms with Crippen molar-refractivity contribution in [3.8, 4) is 11.3 Å². The van der Waals surface area contributed by atoms with E-state index in [1.165, 1.54) is 0 Å². The van der Waals surface area contributed by atoms with Crippen molar-refractivity contribution in [2.75, 3.05) is 31.6 Å². The van der Waals surface area contributed by atoms with Crippen LogP contribution in [-0.2, 0) is 4.74 Å². The highest BCUT2D eigenvalue weighted by Crippen LogP contribution is 2.38. The maximum Gasteiger partial charge on any atom is 0.321 e. The number of aromatic nitrogens is 1. The van der Waals surface area contributed by atoms with Crippen LogP contribution in [0, 0.1) is 5.41 Å². The quantitative estimate of drug-likeness (QED) is 0.921. The van der Waals surface area contributed by atoms with E-state index in [1.54, 1.807) is 6.20 Å². The summed E-state index contributed by atoms with van der Waals surface area (Å²) in [5.41, 5.74) is 2.71. The summed E-state index contributed by atoms with van der Waals surface area (Å²) >= 11 is 0. The Morgan fingerprint density at radius 2 is 2.04 bits per heavy atom. The second kappa shape index (κ2) is 6.24. The molecule has 2 amide bonds. The largest absolute Gasteiger partial charge is 0.381 e. The summed E-state index contributed by atoms with van der Waals surface area (Å²) in [7, 11) is 0. The molecule has 1 aromatic carbocycles. The fourth-order valence-corrected chi connectivity index (χ4v) is 3.61. The molecule has 5 heteroatoms. The number of nitrogens with one attached hydrogen (secondary N) is 1. The van der Waals surface area contributed by atoms with Gasteiger partial charge in [-0.25, -0.2) is 4.79 Å². The molecule has 5 nitrogen and oxygen atoms in total. The Balaban J connectivity index is 1.51. The summed E-state index contributed by atoms with van der Waals surface area (Å²) in [6.45, 7) is 3.16. The highest BCUT2D eigenvalue weighted by atomic mass is 16.5. The Morgan fingerprint density at radius 1 is 1.17 bits per heavy atom. The molecule has 2 aliphatic rings. The van der Waals surface area contributed by atoms with Crippen molar-refractivity contribution in [2.24, 2.45) is 5.41 Å². The van der Waals surface area contributed by atoms with E-state index >= 15 is 0 Å². The molecule has 0 bridgehead atoms. The fraction of sp³-hybridized carbons (Fsp3) is 0.368. The van der Waals surface area contributed by atoms with Gasteiger partial charge < -0.3 is 15.0 Å². The van der Waals surface area contributed by atoms with Gasteiger partial charge in [-0.2, -0.15) is 0 Å². The molecule has 1 N–H and O–H groups in total. The summed E-state index contributed by atoms with van der Waals surface area (Å²) in [5, 5.41) is 3.04. The predicted octanol–water partition coefficient (Wildman–Crippen LogP) is 3.39. The number of benzene rings is 1. The molecule has 3 heterocycles. The van der Waals surface area contributed by atoms with Crippen molar-refractivity contribution in [1.29, 1.82) is 0 Å². The van der Waals surface area contributed by atoms with Crippen molar-refractivity contribution in [1.82, 2.24) is 9.88 Å². The minimum Gasteiger partial charge on any atom is -0.381 e. The fourth-order valence-electron chi connectivity index (χ4n) is 3.61. The summed E-state index contributed by atoms with van der Waals surface area (Å²) < 4.78 is 5.54. The van der Waals surface area contributed by atoms with Crippen molar-refractivity contribution in [2.45, 2.75) is 12.8 Å². The van der Waals surface area contributed by atoms with E-state index in [0.29, 0.717) is 0 Å². The third-order valence-corrected chi connectivity index (χ3v) is 5.01. The van der Waals surface area contributed by atoms with Crippen LogP contribution >= 0.6 is 0 Å². The van der Waals surface area contributed by atoms with Gasteiger partial charge >= 0.3 is 6.03 Å². The molecule has 24 heavy (non-hydrogen) atoms. The number of carbonyl (C=O) groups excluding carboxylic acids is 1. The summed E-state index contributed by atoms with van der Waals surface area (Å²) in [6, 6.07) is 13.6. The zero-order valence-corrected chi connectivity index (χ0v) is 13.6. The van der Waals surface area contributed by atoms with Gasteiger partial charge in [0.25, 0.3) is 0 Å². The highest BCUT2D eigenvalue weighted by Gasteiger charge is 2.42. The number of amides is 2. The number of carbonyl (C=O) groups is 1. The second-order valence-corrected chi connectivity index (χ2v) is 6.67. The van der Waals surface area contributed by atoms with Crippen LogP contribution in [0.2, 0.25) is 0 Å². The van der Waals surface area contributed by atoms with E-state index in [4.69, 9.17) is 4.74 Å². The van der Waals surface area contributed by atoms with Crippen LogP contribution in [0.25, 0.3) is 11.3 Å². The van der Waals surface area contributed by atoms with E-state index in [1.807, 2.05) is 47.4 Å². The van der Waals surface area contributed by atoms with Crippen LogP contribution in [-0.4, -0.2) is 42.2 Å². The van der Waals surface area contributed by atoms with Gasteiger partial charge in [-0.3, -0.25) is 4.98 Å². The summed E-state index contributed by atoms with van der Waals surface area (Å²) in [5.74, 6) is 0. The van der Waals surface area contributed by atoms with Crippen LogP contribution < -0.4 is 5.32 Å². The molecule has 1 aromatic heterocycles. The lowest BCUT2D eigenvalue weighted by Gasteiger charge is -2.22. The number of hydrogen-bond acceptors (Lipinski definition) is 3. The van der Waals surface area contributed by atoms with Gasteiger partial charge in [0.1, 0.15) is 0 Å². The number of nitrogens with zero attached hydrogens (tertiary/aromatic N) is 2. The third-order valence-electron chi connectivity index (χ3n) is 5.01. The molecular formula is C19H21N3O2. The Hall–Kier alpha value is -2.40. The van der Waals surface area contributed by atoms with Gasteiger partial charge in [0.05, 0.1) is 18.0 Å². The van der Waals surface area contributed by atoms with Crippen molar-refractivity contribution < 1.29 is 9.53 Å². The van der Waals surface area contributed by atoms with Crippen LogP contribution in [0.1, 0.15) is 12.8 Å². The zero-order chi connectivity index (χ0) is 16.4. The van der Waals surface area contributed by atoms with Gasteiger partial charge in [0.15, 0.2) is 0 Å². The van der Waals surface area contributed by atoms with Gasteiger partial charge in [-0.1, -0.05) is 30.3 Å². The van der Waals surface area contributed by atoms with Gasteiger partial charge in [0.2, 0.25) is 0 Å². The van der Waals surface area contributed by atoms with E-state index in [-0.39, 0.29) is 11.4 Å². The Kier molecular flexibility index (Phi) is 3.94. The number of pyridine rings is 1. The molecule has 2 aromatic rings. The second-order valence-electron chi connectivity index (χ2n) is 6.67. The van der Waals surface area contributed by atoms with Crippen molar-refractivity contribution in [3.05, 3.63) is 48.7 Å². The molecular weight excluding hydrogens is 302 g/mol. The molecule has 0 aliphatic carbocycles. The number of likely N-dealkylation sites (tertiary alicyclic amines) is 1. The molecule has 2 fully saturated rings. The molecule has 1 spiro atoms. The summed E-state index contributed by atoms with van der Waals surface area (Å²) in [6.07, 6.45) is 3.83.